The standard InChI is InChI=1S/C25H21ClN2O4/c1-16-8-10-17(11-9-16)15-32-23-18(12-19(26)14-22(23)31-2)13-21-24(29)27-28(25(21)30)20-6-4-3-5-7-20/h3-14H,15H2,1-2H3,(H,27,29)/b21-13+. The maximum Gasteiger partial charge on any atom is 0.282 e. The molecule has 0 aliphatic carbocycles. The van der Waals surface area contributed by atoms with Gasteiger partial charge in [-0.1, -0.05) is 59.6 Å². The molecule has 0 unspecified atom stereocenters. The molecule has 0 bridgehead atoms. The van der Waals surface area contributed by atoms with E-state index in [0.717, 1.165) is 11.1 Å². The van der Waals surface area contributed by atoms with E-state index in [2.05, 4.69) is 5.43 Å². The van der Waals surface area contributed by atoms with Gasteiger partial charge in [-0.2, -0.15) is 0 Å². The first kappa shape index (κ1) is 21.5. The van der Waals surface area contributed by atoms with Crippen LogP contribution >= 0.6 is 11.6 Å². The van der Waals surface area contributed by atoms with Crippen molar-refractivity contribution in [2.75, 3.05) is 12.1 Å². The number of hydrogen-bond donors (Lipinski definition) is 1. The molecular formula is C25H21ClN2O4. The minimum absolute atomic E-state index is 0.0293. The van der Waals surface area contributed by atoms with Crippen LogP contribution in [0.2, 0.25) is 5.02 Å². The van der Waals surface area contributed by atoms with E-state index in [1.807, 2.05) is 37.3 Å². The highest BCUT2D eigenvalue weighted by Gasteiger charge is 2.34. The largest absolute Gasteiger partial charge is 0.493 e. The monoisotopic (exact) mass is 448 g/mol. The van der Waals surface area contributed by atoms with Crippen LogP contribution in [0.25, 0.3) is 6.08 Å². The van der Waals surface area contributed by atoms with Crippen LogP contribution < -0.4 is 19.9 Å². The Bertz CT molecular complexity index is 1190. The molecule has 0 atom stereocenters. The zero-order valence-electron chi connectivity index (χ0n) is 17.6. The fourth-order valence-corrected chi connectivity index (χ4v) is 3.53. The van der Waals surface area contributed by atoms with Crippen molar-refractivity contribution in [1.82, 2.24) is 5.43 Å². The number of carbonyl (C=O) groups excluding carboxylic acids is 2. The first-order chi connectivity index (χ1) is 15.5. The molecule has 0 spiro atoms. The van der Waals surface area contributed by atoms with Gasteiger partial charge in [-0.05, 0) is 36.8 Å². The molecule has 1 aliphatic rings. The molecule has 1 N–H and O–H groups in total. The Morgan fingerprint density at radius 3 is 2.44 bits per heavy atom. The van der Waals surface area contributed by atoms with E-state index in [0.29, 0.717) is 27.8 Å². The number of amides is 2. The predicted molar refractivity (Wildman–Crippen MR) is 124 cm³/mol. The first-order valence-corrected chi connectivity index (χ1v) is 10.3. The molecule has 1 aliphatic heterocycles. The predicted octanol–water partition coefficient (Wildman–Crippen LogP) is 4.70. The van der Waals surface area contributed by atoms with Gasteiger partial charge in [-0.15, -0.1) is 0 Å². The fourth-order valence-electron chi connectivity index (χ4n) is 3.31. The number of rotatable bonds is 6. The van der Waals surface area contributed by atoms with E-state index in [1.54, 1.807) is 36.4 Å². The third-order valence-electron chi connectivity index (χ3n) is 4.98. The lowest BCUT2D eigenvalue weighted by atomic mass is 10.1. The first-order valence-electron chi connectivity index (χ1n) is 9.94. The Hall–Kier alpha value is -3.77. The molecule has 2 amide bonds. The van der Waals surface area contributed by atoms with E-state index in [-0.39, 0.29) is 12.2 Å². The zero-order chi connectivity index (χ0) is 22.7. The van der Waals surface area contributed by atoms with Crippen molar-refractivity contribution in [3.05, 3.63) is 94.0 Å². The van der Waals surface area contributed by atoms with Crippen molar-refractivity contribution in [3.63, 3.8) is 0 Å². The molecule has 6 nitrogen and oxygen atoms in total. The lowest BCUT2D eigenvalue weighted by molar-refractivity contribution is -0.117. The highest BCUT2D eigenvalue weighted by molar-refractivity contribution is 6.32. The Morgan fingerprint density at radius 2 is 1.75 bits per heavy atom. The summed E-state index contributed by atoms with van der Waals surface area (Å²) in [6.45, 7) is 2.30. The highest BCUT2D eigenvalue weighted by Crippen LogP contribution is 2.37. The average molecular weight is 449 g/mol. The number of ether oxygens (including phenoxy) is 2. The number of anilines is 1. The molecule has 1 saturated heterocycles. The summed E-state index contributed by atoms with van der Waals surface area (Å²) < 4.78 is 11.5. The minimum atomic E-state index is -0.512. The average Bonchev–Trinajstić information content (AvgIpc) is 3.08. The van der Waals surface area contributed by atoms with Crippen LogP contribution in [0, 0.1) is 6.92 Å². The van der Waals surface area contributed by atoms with Crippen LogP contribution in [-0.2, 0) is 16.2 Å². The summed E-state index contributed by atoms with van der Waals surface area (Å²) >= 11 is 6.26. The van der Waals surface area contributed by atoms with Gasteiger partial charge >= 0.3 is 0 Å². The molecule has 0 saturated carbocycles. The summed E-state index contributed by atoms with van der Waals surface area (Å²) in [5, 5.41) is 1.60. The van der Waals surface area contributed by atoms with Gasteiger partial charge in [0.25, 0.3) is 11.8 Å². The number of nitrogens with one attached hydrogen (secondary N) is 1. The SMILES string of the molecule is COc1cc(Cl)cc(/C=C2\C(=O)NN(c3ccccc3)C2=O)c1OCc1ccc(C)cc1. The number of hydrogen-bond acceptors (Lipinski definition) is 4. The van der Waals surface area contributed by atoms with Crippen molar-refractivity contribution in [2.45, 2.75) is 13.5 Å². The quantitative estimate of drug-likeness (QED) is 0.438. The number of benzene rings is 3. The van der Waals surface area contributed by atoms with Crippen molar-refractivity contribution in [2.24, 2.45) is 0 Å². The van der Waals surface area contributed by atoms with Crippen LogP contribution in [0.3, 0.4) is 0 Å². The molecule has 0 aromatic heterocycles. The third kappa shape index (κ3) is 4.45. The lowest BCUT2D eigenvalue weighted by Gasteiger charge is -2.15. The van der Waals surface area contributed by atoms with Crippen molar-refractivity contribution in [1.29, 1.82) is 0 Å². The molecule has 162 valence electrons. The van der Waals surface area contributed by atoms with Crippen molar-refractivity contribution in [3.8, 4) is 11.5 Å². The normalized spacial score (nSPS) is 14.6. The minimum Gasteiger partial charge on any atom is -0.493 e. The van der Waals surface area contributed by atoms with E-state index in [1.165, 1.54) is 18.2 Å². The molecule has 1 heterocycles. The number of carbonyl (C=O) groups is 2. The summed E-state index contributed by atoms with van der Waals surface area (Å²) in [6, 6.07) is 20.1. The summed E-state index contributed by atoms with van der Waals surface area (Å²) in [7, 11) is 1.51. The Balaban J connectivity index is 1.68. The number of halogens is 1. The Labute approximate surface area is 191 Å². The van der Waals surface area contributed by atoms with Crippen molar-refractivity contribution >= 4 is 35.2 Å². The Morgan fingerprint density at radius 1 is 1.03 bits per heavy atom. The third-order valence-corrected chi connectivity index (χ3v) is 5.20. The molecule has 4 rings (SSSR count). The molecule has 3 aromatic rings. The highest BCUT2D eigenvalue weighted by atomic mass is 35.5. The smallest absolute Gasteiger partial charge is 0.282 e. The molecule has 32 heavy (non-hydrogen) atoms. The van der Waals surface area contributed by atoms with E-state index in [4.69, 9.17) is 21.1 Å². The van der Waals surface area contributed by atoms with Gasteiger partial charge in [0.2, 0.25) is 0 Å². The van der Waals surface area contributed by atoms with Crippen LogP contribution in [0.1, 0.15) is 16.7 Å². The van der Waals surface area contributed by atoms with Gasteiger partial charge in [0, 0.05) is 16.7 Å². The molecule has 1 fully saturated rings. The van der Waals surface area contributed by atoms with Crippen LogP contribution in [0.15, 0.2) is 72.3 Å². The number of hydrazine groups is 1. The summed E-state index contributed by atoms with van der Waals surface area (Å²) in [5.41, 5.74) is 5.71. The van der Waals surface area contributed by atoms with E-state index >= 15 is 0 Å². The number of para-hydroxylation sites is 1. The Kier molecular flexibility index (Phi) is 6.14. The number of nitrogens with zero attached hydrogens (tertiary/aromatic N) is 1. The molecular weight excluding hydrogens is 428 g/mol. The topological polar surface area (TPSA) is 67.9 Å². The zero-order valence-corrected chi connectivity index (χ0v) is 18.3. The van der Waals surface area contributed by atoms with Gasteiger partial charge in [0.15, 0.2) is 11.5 Å². The number of methoxy groups -OCH3 is 1. The summed E-state index contributed by atoms with van der Waals surface area (Å²) in [6.07, 6.45) is 1.47. The second kappa shape index (κ2) is 9.16. The second-order valence-corrected chi connectivity index (χ2v) is 7.71. The molecule has 0 radical (unpaired) electrons. The maximum absolute atomic E-state index is 13.0. The van der Waals surface area contributed by atoms with Crippen LogP contribution in [0.5, 0.6) is 11.5 Å². The second-order valence-electron chi connectivity index (χ2n) is 7.28. The number of aryl methyl sites for hydroxylation is 1. The van der Waals surface area contributed by atoms with E-state index in [9.17, 15) is 9.59 Å². The van der Waals surface area contributed by atoms with Crippen LogP contribution in [0.4, 0.5) is 5.69 Å². The fraction of sp³-hybridized carbons (Fsp3) is 0.120. The summed E-state index contributed by atoms with van der Waals surface area (Å²) in [4.78, 5) is 25.5. The maximum atomic E-state index is 13.0. The van der Waals surface area contributed by atoms with E-state index < -0.39 is 11.8 Å². The lowest BCUT2D eigenvalue weighted by Crippen LogP contribution is -2.35. The molecule has 3 aromatic carbocycles. The van der Waals surface area contributed by atoms with Gasteiger partial charge in [-0.25, -0.2) is 5.01 Å². The summed E-state index contributed by atoms with van der Waals surface area (Å²) in [5.74, 6) is -0.183. The van der Waals surface area contributed by atoms with Gasteiger partial charge in [0.05, 0.1) is 12.8 Å². The van der Waals surface area contributed by atoms with Gasteiger partial charge in [0.1, 0.15) is 12.2 Å². The van der Waals surface area contributed by atoms with Crippen molar-refractivity contribution < 1.29 is 19.1 Å². The van der Waals surface area contributed by atoms with Gasteiger partial charge in [-0.3, -0.25) is 15.0 Å². The van der Waals surface area contributed by atoms with Gasteiger partial charge < -0.3 is 9.47 Å². The molecule has 7 heteroatoms. The van der Waals surface area contributed by atoms with Crippen LogP contribution in [-0.4, -0.2) is 18.9 Å².